The van der Waals surface area contributed by atoms with E-state index in [0.29, 0.717) is 19.3 Å². The van der Waals surface area contributed by atoms with Gasteiger partial charge in [0.15, 0.2) is 6.10 Å². The van der Waals surface area contributed by atoms with Crippen molar-refractivity contribution < 1.29 is 28.6 Å². The van der Waals surface area contributed by atoms with Crippen molar-refractivity contribution in [2.45, 2.75) is 245 Å². The van der Waals surface area contributed by atoms with E-state index in [1.165, 1.54) is 64.2 Å². The summed E-state index contributed by atoms with van der Waals surface area (Å²) in [7, 11) is 0. The molecule has 0 aromatic carbocycles. The normalized spacial score (nSPS) is 13.5. The predicted octanol–water partition coefficient (Wildman–Crippen LogP) is 22.2. The lowest BCUT2D eigenvalue weighted by Crippen LogP contribution is -2.30. The summed E-state index contributed by atoms with van der Waals surface area (Å²) >= 11 is 0. The molecule has 0 radical (unpaired) electrons. The Kier molecular flexibility index (Phi) is 62.0. The van der Waals surface area contributed by atoms with Crippen molar-refractivity contribution in [3.63, 3.8) is 0 Å². The molecular formula is C75H114O6. The summed E-state index contributed by atoms with van der Waals surface area (Å²) < 4.78 is 16.7. The maximum absolute atomic E-state index is 12.9. The molecule has 81 heavy (non-hydrogen) atoms. The zero-order chi connectivity index (χ0) is 58.5. The highest BCUT2D eigenvalue weighted by Crippen LogP contribution is 2.14. The largest absolute Gasteiger partial charge is 0.462 e. The summed E-state index contributed by atoms with van der Waals surface area (Å²) in [6.45, 7) is 6.15. The molecule has 1 unspecified atom stereocenters. The second kappa shape index (κ2) is 66.8. The molecule has 0 aliphatic heterocycles. The molecule has 0 spiro atoms. The van der Waals surface area contributed by atoms with Gasteiger partial charge in [-0.1, -0.05) is 279 Å². The predicted molar refractivity (Wildman–Crippen MR) is 352 cm³/mol. The second-order valence-electron chi connectivity index (χ2n) is 20.2. The number of carbonyl (C=O) groups excluding carboxylic acids is 3. The molecule has 0 aliphatic carbocycles. The van der Waals surface area contributed by atoms with E-state index < -0.39 is 12.1 Å². The Labute approximate surface area is 497 Å². The average Bonchev–Trinajstić information content (AvgIpc) is 3.46. The Morgan fingerprint density at radius 1 is 0.247 bits per heavy atom. The van der Waals surface area contributed by atoms with Gasteiger partial charge in [-0.3, -0.25) is 14.4 Å². The fourth-order valence-corrected chi connectivity index (χ4v) is 7.96. The fraction of sp³-hybridized carbons (Fsp3) is 0.533. The lowest BCUT2D eigenvalue weighted by atomic mass is 10.0. The maximum Gasteiger partial charge on any atom is 0.306 e. The van der Waals surface area contributed by atoms with E-state index in [-0.39, 0.29) is 38.0 Å². The van der Waals surface area contributed by atoms with Gasteiger partial charge in [-0.05, 0) is 135 Å². The van der Waals surface area contributed by atoms with Gasteiger partial charge in [-0.2, -0.15) is 0 Å². The minimum atomic E-state index is -0.860. The highest BCUT2D eigenvalue weighted by Gasteiger charge is 2.19. The van der Waals surface area contributed by atoms with Crippen molar-refractivity contribution in [1.29, 1.82) is 0 Å². The monoisotopic (exact) mass is 1110 g/mol. The highest BCUT2D eigenvalue weighted by atomic mass is 16.6. The number of rotatable bonds is 55. The average molecular weight is 1110 g/mol. The van der Waals surface area contributed by atoms with Crippen LogP contribution in [0.1, 0.15) is 239 Å². The van der Waals surface area contributed by atoms with Crippen molar-refractivity contribution in [2.75, 3.05) is 13.2 Å². The van der Waals surface area contributed by atoms with Crippen LogP contribution in [0.4, 0.5) is 0 Å². The fourth-order valence-electron chi connectivity index (χ4n) is 7.96. The topological polar surface area (TPSA) is 78.9 Å². The van der Waals surface area contributed by atoms with Crippen LogP contribution in [0.2, 0.25) is 0 Å². The first-order chi connectivity index (χ1) is 40.0. The zero-order valence-corrected chi connectivity index (χ0v) is 51.5. The smallest absolute Gasteiger partial charge is 0.306 e. The molecule has 450 valence electrons. The number of hydrogen-bond donors (Lipinski definition) is 0. The van der Waals surface area contributed by atoms with Crippen LogP contribution < -0.4 is 0 Å². The molecule has 0 aliphatic rings. The van der Waals surface area contributed by atoms with E-state index in [9.17, 15) is 14.4 Å². The Morgan fingerprint density at radius 3 is 0.765 bits per heavy atom. The lowest BCUT2D eigenvalue weighted by molar-refractivity contribution is -0.166. The first-order valence-corrected chi connectivity index (χ1v) is 31.9. The van der Waals surface area contributed by atoms with Crippen molar-refractivity contribution >= 4 is 17.9 Å². The Hall–Kier alpha value is -5.75. The lowest BCUT2D eigenvalue weighted by Gasteiger charge is -2.18. The number of carbonyl (C=O) groups is 3. The summed E-state index contributed by atoms with van der Waals surface area (Å²) in [6.07, 6.45) is 102. The van der Waals surface area contributed by atoms with Gasteiger partial charge in [0.2, 0.25) is 0 Å². The van der Waals surface area contributed by atoms with Crippen molar-refractivity contribution in [3.8, 4) is 0 Å². The van der Waals surface area contributed by atoms with E-state index in [2.05, 4.69) is 191 Å². The van der Waals surface area contributed by atoms with E-state index in [0.717, 1.165) is 122 Å². The van der Waals surface area contributed by atoms with E-state index in [1.54, 1.807) is 0 Å². The summed E-state index contributed by atoms with van der Waals surface area (Å²) in [4.78, 5) is 38.2. The first kappa shape index (κ1) is 75.2. The minimum absolute atomic E-state index is 0.141. The Bertz CT molecular complexity index is 1950. The molecule has 0 saturated heterocycles. The molecule has 0 heterocycles. The van der Waals surface area contributed by atoms with Gasteiger partial charge in [0.05, 0.1) is 0 Å². The van der Waals surface area contributed by atoms with E-state index in [1.807, 2.05) is 24.3 Å². The molecule has 0 aromatic heterocycles. The third-order valence-electron chi connectivity index (χ3n) is 12.6. The number of allylic oxidation sites excluding steroid dienone is 32. The molecule has 6 heteroatoms. The summed E-state index contributed by atoms with van der Waals surface area (Å²) in [5, 5.41) is 0. The number of unbranched alkanes of at least 4 members (excludes halogenated alkanes) is 12. The van der Waals surface area contributed by atoms with Gasteiger partial charge < -0.3 is 14.2 Å². The highest BCUT2D eigenvalue weighted by molar-refractivity contribution is 5.71. The van der Waals surface area contributed by atoms with Crippen LogP contribution in [0.5, 0.6) is 0 Å². The van der Waals surface area contributed by atoms with Crippen LogP contribution >= 0.6 is 0 Å². The van der Waals surface area contributed by atoms with Gasteiger partial charge in [-0.15, -0.1) is 0 Å². The SMILES string of the molecule is CC/C=C\C/C=C\C/C=C\C/C=C\C/C=C\C/C=C\CCCCCCCCCCCCCCC(=O)OCC(COC(=O)CC/C=C\C/C=C\C/C=C\C/C=C\CC)OC(=O)CC/C=C\C/C=C\C/C=C\C/C=C\C/C=C\C/C=C\CC. The van der Waals surface area contributed by atoms with Crippen LogP contribution in [0.25, 0.3) is 0 Å². The molecule has 0 saturated carbocycles. The summed E-state index contributed by atoms with van der Waals surface area (Å²) in [6, 6.07) is 0. The van der Waals surface area contributed by atoms with Gasteiger partial charge in [0.1, 0.15) is 13.2 Å². The molecule has 0 amide bonds. The number of esters is 3. The van der Waals surface area contributed by atoms with Crippen LogP contribution in [0.15, 0.2) is 194 Å². The van der Waals surface area contributed by atoms with Crippen LogP contribution in [-0.4, -0.2) is 37.2 Å². The zero-order valence-electron chi connectivity index (χ0n) is 51.5. The number of hydrogen-bond acceptors (Lipinski definition) is 6. The molecule has 0 aromatic rings. The van der Waals surface area contributed by atoms with Gasteiger partial charge in [0.25, 0.3) is 0 Å². The third kappa shape index (κ3) is 64.9. The molecule has 0 rings (SSSR count). The second-order valence-corrected chi connectivity index (χ2v) is 20.2. The van der Waals surface area contributed by atoms with Crippen LogP contribution in [0, 0.1) is 0 Å². The van der Waals surface area contributed by atoms with Gasteiger partial charge in [-0.25, -0.2) is 0 Å². The molecule has 0 N–H and O–H groups in total. The summed E-state index contributed by atoms with van der Waals surface area (Å²) in [5.74, 6) is -1.12. The maximum atomic E-state index is 12.9. The molecule has 0 bridgehead atoms. The van der Waals surface area contributed by atoms with Crippen LogP contribution in [0.3, 0.4) is 0 Å². The van der Waals surface area contributed by atoms with Crippen molar-refractivity contribution in [2.24, 2.45) is 0 Å². The Morgan fingerprint density at radius 2 is 0.469 bits per heavy atom. The Balaban J connectivity index is 4.42. The third-order valence-corrected chi connectivity index (χ3v) is 12.6. The van der Waals surface area contributed by atoms with Crippen LogP contribution in [-0.2, 0) is 28.6 Å². The van der Waals surface area contributed by atoms with Gasteiger partial charge >= 0.3 is 17.9 Å². The molecular weight excluding hydrogens is 997 g/mol. The van der Waals surface area contributed by atoms with Crippen molar-refractivity contribution in [1.82, 2.24) is 0 Å². The quantitative estimate of drug-likeness (QED) is 0.0261. The molecule has 1 atom stereocenters. The molecule has 6 nitrogen and oxygen atoms in total. The number of ether oxygens (including phenoxy) is 3. The first-order valence-electron chi connectivity index (χ1n) is 31.9. The van der Waals surface area contributed by atoms with E-state index >= 15 is 0 Å². The van der Waals surface area contributed by atoms with Crippen molar-refractivity contribution in [3.05, 3.63) is 194 Å². The standard InChI is InChI=1S/C75H114O6/c1-4-7-10-13-16-19-22-25-27-29-31-32-33-34-35-36-37-38-39-40-41-42-44-45-47-50-53-56-59-62-65-68-74(77)80-71-72(70-79-73(76)67-64-61-58-55-52-49-24-21-18-15-12-9-6-3)81-75(78)69-66-63-60-57-54-51-48-46-43-30-28-26-23-20-17-14-11-8-5-2/h7-12,16-21,25-28,31-32,34-35,37-38,43,46,49,51-52,54,58,60-61,63,72H,4-6,13-15,22-24,29-30,33,36,39-42,44-45,47-48,50,53,55-57,59,62,64-71H2,1-3H3/b10-7-,11-8-,12-9-,19-16-,20-17-,21-18-,27-25-,28-26-,32-31-,35-34-,38-37-,46-43-,52-49-,54-51-,61-58-,63-60-. The summed E-state index contributed by atoms with van der Waals surface area (Å²) in [5.41, 5.74) is 0. The van der Waals surface area contributed by atoms with Gasteiger partial charge in [0, 0.05) is 19.3 Å². The molecule has 0 fully saturated rings. The van der Waals surface area contributed by atoms with E-state index in [4.69, 9.17) is 14.2 Å². The minimum Gasteiger partial charge on any atom is -0.462 e.